The number of nitrogens with one attached hydrogen (secondary N) is 1. The summed E-state index contributed by atoms with van der Waals surface area (Å²) in [7, 11) is 1.65. The van der Waals surface area contributed by atoms with Gasteiger partial charge >= 0.3 is 5.97 Å². The van der Waals surface area contributed by atoms with Gasteiger partial charge in [0.05, 0.1) is 41.0 Å². The van der Waals surface area contributed by atoms with Crippen molar-refractivity contribution in [1.29, 1.82) is 0 Å². The van der Waals surface area contributed by atoms with E-state index in [0.29, 0.717) is 64.0 Å². The smallest absolute Gasteiger partial charge is 0.308 e. The summed E-state index contributed by atoms with van der Waals surface area (Å²) in [5.74, 6) is -3.08. The normalized spacial score (nSPS) is 22.1. The monoisotopic (exact) mass is 685 g/mol. The van der Waals surface area contributed by atoms with Crippen LogP contribution in [0.2, 0.25) is 5.02 Å². The number of likely N-dealkylation sites (tertiary alicyclic amines) is 2. The number of fused-ring (bicyclic) bond motifs is 1. The summed E-state index contributed by atoms with van der Waals surface area (Å²) in [5.41, 5.74) is 0.738. The number of ether oxygens (including phenoxy) is 3. The number of amides is 1. The molecule has 2 saturated heterocycles. The molecule has 12 heteroatoms. The number of thiophene rings is 1. The number of anilines is 1. The van der Waals surface area contributed by atoms with E-state index >= 15 is 4.39 Å². The Morgan fingerprint density at radius 1 is 1.04 bits per heavy atom. The largest absolute Gasteiger partial charge is 0.466 e. The summed E-state index contributed by atoms with van der Waals surface area (Å²) >= 11 is 8.06. The summed E-state index contributed by atoms with van der Waals surface area (Å²) in [6.07, 6.45) is 3.75. The maximum absolute atomic E-state index is 15.8. The van der Waals surface area contributed by atoms with Crippen LogP contribution in [0.25, 0.3) is 10.1 Å². The van der Waals surface area contributed by atoms with E-state index in [1.807, 2.05) is 29.2 Å². The number of Topliss-reactive ketones (excluding diaryl/α,β-unsaturated/α-hetero) is 1. The van der Waals surface area contributed by atoms with Gasteiger partial charge in [-0.25, -0.2) is 4.39 Å². The van der Waals surface area contributed by atoms with Crippen molar-refractivity contribution in [2.75, 3.05) is 45.2 Å². The van der Waals surface area contributed by atoms with E-state index in [2.05, 4.69) is 10.2 Å². The lowest BCUT2D eigenvalue weighted by Gasteiger charge is -2.55. The summed E-state index contributed by atoms with van der Waals surface area (Å²) in [5, 5.41) is 5.45. The van der Waals surface area contributed by atoms with E-state index in [9.17, 15) is 14.4 Å². The Morgan fingerprint density at radius 2 is 1.77 bits per heavy atom. The van der Waals surface area contributed by atoms with E-state index in [0.717, 1.165) is 22.9 Å². The van der Waals surface area contributed by atoms with Gasteiger partial charge in [0, 0.05) is 55.2 Å². The van der Waals surface area contributed by atoms with Crippen LogP contribution in [-0.4, -0.2) is 85.4 Å². The number of carbonyl (C=O) groups is 3. The minimum atomic E-state index is -1.40. The molecule has 0 spiro atoms. The number of esters is 1. The Labute approximate surface area is 283 Å². The highest BCUT2D eigenvalue weighted by atomic mass is 35.5. The number of rotatable bonds is 12. The molecule has 47 heavy (non-hydrogen) atoms. The van der Waals surface area contributed by atoms with Crippen molar-refractivity contribution in [3.8, 4) is 0 Å². The molecule has 3 aromatic rings. The highest BCUT2D eigenvalue weighted by molar-refractivity contribution is 7.17. The van der Waals surface area contributed by atoms with Crippen molar-refractivity contribution in [3.63, 3.8) is 0 Å². The third-order valence-corrected chi connectivity index (χ3v) is 10.9. The first kappa shape index (κ1) is 34.0. The van der Waals surface area contributed by atoms with Crippen LogP contribution < -0.4 is 5.32 Å². The maximum atomic E-state index is 15.8. The molecular formula is C35H41ClFN3O6S. The van der Waals surface area contributed by atoms with E-state index in [1.54, 1.807) is 19.4 Å². The fourth-order valence-electron chi connectivity index (χ4n) is 6.98. The van der Waals surface area contributed by atoms with Gasteiger partial charge in [0.25, 0.3) is 5.91 Å². The Bertz CT molecular complexity index is 1620. The van der Waals surface area contributed by atoms with Gasteiger partial charge in [-0.15, -0.1) is 11.3 Å². The first-order chi connectivity index (χ1) is 22.7. The fourth-order valence-corrected chi connectivity index (χ4v) is 8.16. The van der Waals surface area contributed by atoms with Crippen molar-refractivity contribution >= 4 is 56.4 Å². The molecule has 3 fully saturated rings. The molecule has 9 nitrogen and oxygen atoms in total. The number of carbonyl (C=O) groups excluding carboxylic acids is 3. The van der Waals surface area contributed by atoms with Gasteiger partial charge in [0.2, 0.25) is 5.85 Å². The average molecular weight is 686 g/mol. The molecule has 1 unspecified atom stereocenters. The number of methoxy groups -OCH3 is 1. The van der Waals surface area contributed by atoms with E-state index in [4.69, 9.17) is 25.8 Å². The quantitative estimate of drug-likeness (QED) is 0.223. The molecule has 1 aliphatic carbocycles. The molecular weight excluding hydrogens is 645 g/mol. The van der Waals surface area contributed by atoms with Gasteiger partial charge in [0.15, 0.2) is 5.78 Å². The molecule has 1 saturated carbocycles. The molecule has 1 aromatic heterocycles. The first-order valence-electron chi connectivity index (χ1n) is 16.4. The minimum absolute atomic E-state index is 0.0395. The average Bonchev–Trinajstić information content (AvgIpc) is 3.74. The zero-order chi connectivity index (χ0) is 33.1. The van der Waals surface area contributed by atoms with Gasteiger partial charge < -0.3 is 19.5 Å². The number of halogens is 2. The van der Waals surface area contributed by atoms with Crippen molar-refractivity contribution < 1.29 is 33.0 Å². The highest BCUT2D eigenvalue weighted by Gasteiger charge is 2.56. The van der Waals surface area contributed by atoms with Crippen molar-refractivity contribution in [2.45, 2.75) is 69.9 Å². The van der Waals surface area contributed by atoms with E-state index < -0.39 is 17.6 Å². The molecule has 3 aliphatic rings. The fraction of sp³-hybridized carbons (Fsp3) is 0.514. The topological polar surface area (TPSA) is 97.4 Å². The van der Waals surface area contributed by atoms with E-state index in [1.165, 1.54) is 23.5 Å². The van der Waals surface area contributed by atoms with Crippen LogP contribution in [0.5, 0.6) is 0 Å². The molecule has 1 N–H and O–H groups in total. The number of hydrogen-bond donors (Lipinski definition) is 1. The predicted molar refractivity (Wildman–Crippen MR) is 179 cm³/mol. The minimum Gasteiger partial charge on any atom is -0.466 e. The SMILES string of the molecule is CCOC(=O)[C@H]1CC[C@H](OC(C(=O)Cc2cc(Cl)c(NC(=O)c3csc4ccccc34)cc2F)(N2CCCC2)N2CC(OC)C2)CC1. The third kappa shape index (κ3) is 6.97. The highest BCUT2D eigenvalue weighted by Crippen LogP contribution is 2.39. The lowest BCUT2D eigenvalue weighted by atomic mass is 9.87. The molecule has 2 aliphatic heterocycles. The molecule has 3 heterocycles. The van der Waals surface area contributed by atoms with Gasteiger partial charge in [0.1, 0.15) is 5.82 Å². The molecule has 252 valence electrons. The van der Waals surface area contributed by atoms with Crippen LogP contribution in [-0.2, 0) is 30.2 Å². The van der Waals surface area contributed by atoms with Crippen LogP contribution in [0.1, 0.15) is 61.4 Å². The van der Waals surface area contributed by atoms with Crippen LogP contribution in [0.3, 0.4) is 0 Å². The van der Waals surface area contributed by atoms with Gasteiger partial charge in [-0.1, -0.05) is 29.8 Å². The second kappa shape index (κ2) is 14.7. The second-order valence-electron chi connectivity index (χ2n) is 12.5. The third-order valence-electron chi connectivity index (χ3n) is 9.59. The number of ketones is 1. The molecule has 2 aromatic carbocycles. The van der Waals surface area contributed by atoms with Crippen LogP contribution >= 0.6 is 22.9 Å². The molecule has 1 amide bonds. The van der Waals surface area contributed by atoms with E-state index in [-0.39, 0.29) is 52.6 Å². The van der Waals surface area contributed by atoms with Gasteiger partial charge in [-0.3, -0.25) is 24.2 Å². The van der Waals surface area contributed by atoms with Crippen LogP contribution in [0.4, 0.5) is 10.1 Å². The molecule has 0 radical (unpaired) electrons. The molecule has 0 bridgehead atoms. The molecule has 1 atom stereocenters. The van der Waals surface area contributed by atoms with Crippen molar-refractivity contribution in [3.05, 3.63) is 63.7 Å². The Morgan fingerprint density at radius 3 is 2.47 bits per heavy atom. The lowest BCUT2D eigenvalue weighted by molar-refractivity contribution is -0.282. The first-order valence-corrected chi connectivity index (χ1v) is 17.6. The lowest BCUT2D eigenvalue weighted by Crippen LogP contribution is -2.74. The second-order valence-corrected chi connectivity index (χ2v) is 13.9. The van der Waals surface area contributed by atoms with Crippen molar-refractivity contribution in [1.82, 2.24) is 9.80 Å². The number of nitrogens with zero attached hydrogens (tertiary/aromatic N) is 2. The summed E-state index contributed by atoms with van der Waals surface area (Å²) in [4.78, 5) is 44.2. The van der Waals surface area contributed by atoms with Crippen LogP contribution in [0.15, 0.2) is 41.8 Å². The summed E-state index contributed by atoms with van der Waals surface area (Å²) in [6, 6.07) is 10.2. The zero-order valence-electron chi connectivity index (χ0n) is 26.8. The number of hydrogen-bond acceptors (Lipinski definition) is 9. The zero-order valence-corrected chi connectivity index (χ0v) is 28.3. The number of benzene rings is 2. The maximum Gasteiger partial charge on any atom is 0.308 e. The van der Waals surface area contributed by atoms with Crippen molar-refractivity contribution in [2.24, 2.45) is 5.92 Å². The summed E-state index contributed by atoms with van der Waals surface area (Å²) in [6.45, 7) is 4.49. The Kier molecular flexibility index (Phi) is 10.6. The predicted octanol–water partition coefficient (Wildman–Crippen LogP) is 6.28. The van der Waals surface area contributed by atoms with Gasteiger partial charge in [-0.05, 0) is 69.2 Å². The standard InChI is InChI=1S/C35H41ClFN3O6S/c1-3-45-34(43)22-10-12-24(13-11-22)46-35(39-14-6-7-15-39,40-19-25(20-40)44-2)32(41)17-23-16-28(36)30(18-29(23)37)38-33(42)27-21-47-31-9-5-4-8-26(27)31/h4-5,8-9,16,18,21-22,24-25H,3,6-7,10-15,17,19-20H2,1-2H3,(H,38,42)/t22-,24-,35?. The molecule has 6 rings (SSSR count). The Hall–Kier alpha value is -2.93. The Balaban J connectivity index is 1.23. The summed E-state index contributed by atoms with van der Waals surface area (Å²) < 4.78 is 34.4. The van der Waals surface area contributed by atoms with Crippen LogP contribution in [0, 0.1) is 11.7 Å². The van der Waals surface area contributed by atoms with Gasteiger partial charge in [-0.2, -0.15) is 0 Å².